The van der Waals surface area contributed by atoms with E-state index in [1.807, 2.05) is 0 Å². The molecule has 238 valence electrons. The molecule has 0 aliphatic rings. The van der Waals surface area contributed by atoms with Crippen molar-refractivity contribution >= 4 is 0 Å². The molecule has 0 heterocycles. The Labute approximate surface area is 249 Å². The first-order chi connectivity index (χ1) is 18.7. The largest absolute Gasteiger partial charge is 0.412 e. The van der Waals surface area contributed by atoms with Crippen LogP contribution < -0.4 is 5.73 Å². The Morgan fingerprint density at radius 2 is 0.436 bits per heavy atom. The van der Waals surface area contributed by atoms with E-state index in [2.05, 4.69) is 20.8 Å². The van der Waals surface area contributed by atoms with Gasteiger partial charge in [-0.3, -0.25) is 0 Å². The lowest BCUT2D eigenvalue weighted by molar-refractivity contribution is 0.302. The summed E-state index contributed by atoms with van der Waals surface area (Å²) in [6, 6.07) is 0. The molecule has 0 amide bonds. The standard InChI is InChI=1S/C37H77N.H2O/c1-4-7-10-13-16-19-22-25-28-31-34-37(38,35-32-29-26-23-20-17-14-11-8-5-2)36-33-30-27-24-21-18-15-12-9-6-3;/h4-36,38H2,1-3H3;1H2. The Hall–Kier alpha value is -0.0800. The van der Waals surface area contributed by atoms with Crippen LogP contribution in [0.15, 0.2) is 0 Å². The third-order valence-corrected chi connectivity index (χ3v) is 9.08. The first-order valence-corrected chi connectivity index (χ1v) is 18.5. The molecule has 0 atom stereocenters. The van der Waals surface area contributed by atoms with Crippen LogP contribution in [0.2, 0.25) is 0 Å². The fourth-order valence-electron chi connectivity index (χ4n) is 6.27. The summed E-state index contributed by atoms with van der Waals surface area (Å²) >= 11 is 0. The van der Waals surface area contributed by atoms with Gasteiger partial charge in [-0.1, -0.05) is 213 Å². The minimum Gasteiger partial charge on any atom is -0.412 e. The molecule has 0 radical (unpaired) electrons. The van der Waals surface area contributed by atoms with Crippen LogP contribution in [0.5, 0.6) is 0 Å². The molecule has 2 nitrogen and oxygen atoms in total. The Balaban J connectivity index is 0. The molecule has 0 unspecified atom stereocenters. The monoisotopic (exact) mass is 554 g/mol. The van der Waals surface area contributed by atoms with E-state index in [-0.39, 0.29) is 11.0 Å². The lowest BCUT2D eigenvalue weighted by Gasteiger charge is -2.30. The van der Waals surface area contributed by atoms with Crippen LogP contribution in [0, 0.1) is 0 Å². The smallest absolute Gasteiger partial charge is 0.0154 e. The fraction of sp³-hybridized carbons (Fsp3) is 1.00. The number of rotatable bonds is 33. The summed E-state index contributed by atoms with van der Waals surface area (Å²) in [5.41, 5.74) is 7.25. The highest BCUT2D eigenvalue weighted by molar-refractivity contribution is 4.84. The minimum absolute atomic E-state index is 0. The summed E-state index contributed by atoms with van der Waals surface area (Å²) in [5.74, 6) is 0. The molecular weight excluding hydrogens is 474 g/mol. The van der Waals surface area contributed by atoms with E-state index in [0.29, 0.717) is 0 Å². The molecule has 0 aromatic heterocycles. The molecule has 2 heteroatoms. The summed E-state index contributed by atoms with van der Waals surface area (Å²) < 4.78 is 0. The predicted molar refractivity (Wildman–Crippen MR) is 180 cm³/mol. The second-order valence-corrected chi connectivity index (χ2v) is 13.2. The van der Waals surface area contributed by atoms with Crippen molar-refractivity contribution in [2.24, 2.45) is 5.73 Å². The zero-order valence-corrected chi connectivity index (χ0v) is 27.9. The van der Waals surface area contributed by atoms with E-state index >= 15 is 0 Å². The quantitative estimate of drug-likeness (QED) is 0.0807. The third-order valence-electron chi connectivity index (χ3n) is 9.08. The van der Waals surface area contributed by atoms with E-state index in [1.165, 1.54) is 212 Å². The maximum absolute atomic E-state index is 7.12. The lowest BCUT2D eigenvalue weighted by Crippen LogP contribution is -2.39. The molecule has 0 spiro atoms. The number of hydrogen-bond acceptors (Lipinski definition) is 1. The summed E-state index contributed by atoms with van der Waals surface area (Å²) in [7, 11) is 0. The molecule has 39 heavy (non-hydrogen) atoms. The summed E-state index contributed by atoms with van der Waals surface area (Å²) in [5, 5.41) is 0. The van der Waals surface area contributed by atoms with Crippen molar-refractivity contribution in [3.05, 3.63) is 0 Å². The zero-order chi connectivity index (χ0) is 27.8. The molecule has 0 saturated heterocycles. The van der Waals surface area contributed by atoms with Gasteiger partial charge in [0.15, 0.2) is 0 Å². The van der Waals surface area contributed by atoms with Crippen molar-refractivity contribution in [3.8, 4) is 0 Å². The minimum atomic E-state index is 0. The first kappa shape index (κ1) is 41.1. The molecule has 0 aromatic carbocycles. The highest BCUT2D eigenvalue weighted by Crippen LogP contribution is 2.27. The van der Waals surface area contributed by atoms with Crippen molar-refractivity contribution in [1.82, 2.24) is 0 Å². The van der Waals surface area contributed by atoms with E-state index in [4.69, 9.17) is 5.73 Å². The summed E-state index contributed by atoms with van der Waals surface area (Å²) in [6.07, 6.45) is 46.6. The Morgan fingerprint density at radius 3 is 0.615 bits per heavy atom. The first-order valence-electron chi connectivity index (χ1n) is 18.5. The molecule has 0 aliphatic carbocycles. The summed E-state index contributed by atoms with van der Waals surface area (Å²) in [6.45, 7) is 6.93. The van der Waals surface area contributed by atoms with Gasteiger partial charge in [0.1, 0.15) is 0 Å². The topological polar surface area (TPSA) is 57.5 Å². The lowest BCUT2D eigenvalue weighted by atomic mass is 9.82. The van der Waals surface area contributed by atoms with Crippen molar-refractivity contribution in [2.45, 2.75) is 238 Å². The van der Waals surface area contributed by atoms with Crippen LogP contribution in [0.25, 0.3) is 0 Å². The van der Waals surface area contributed by atoms with E-state index in [1.54, 1.807) is 0 Å². The fourth-order valence-corrected chi connectivity index (χ4v) is 6.27. The van der Waals surface area contributed by atoms with Crippen molar-refractivity contribution in [3.63, 3.8) is 0 Å². The van der Waals surface area contributed by atoms with Gasteiger partial charge < -0.3 is 11.2 Å². The van der Waals surface area contributed by atoms with Crippen LogP contribution in [0.3, 0.4) is 0 Å². The average Bonchev–Trinajstić information content (AvgIpc) is 2.92. The second-order valence-electron chi connectivity index (χ2n) is 13.2. The van der Waals surface area contributed by atoms with Gasteiger partial charge in [0.05, 0.1) is 0 Å². The zero-order valence-electron chi connectivity index (χ0n) is 27.9. The molecule has 0 saturated carbocycles. The van der Waals surface area contributed by atoms with E-state index in [0.717, 1.165) is 0 Å². The second kappa shape index (κ2) is 34.1. The maximum Gasteiger partial charge on any atom is 0.0154 e. The van der Waals surface area contributed by atoms with Crippen LogP contribution in [-0.2, 0) is 0 Å². The van der Waals surface area contributed by atoms with Gasteiger partial charge in [0.25, 0.3) is 0 Å². The van der Waals surface area contributed by atoms with Crippen molar-refractivity contribution < 1.29 is 5.48 Å². The van der Waals surface area contributed by atoms with Gasteiger partial charge in [0.2, 0.25) is 0 Å². The van der Waals surface area contributed by atoms with Gasteiger partial charge >= 0.3 is 0 Å². The van der Waals surface area contributed by atoms with Crippen molar-refractivity contribution in [2.75, 3.05) is 0 Å². The highest BCUT2D eigenvalue weighted by Gasteiger charge is 2.23. The molecular formula is C37H79NO. The van der Waals surface area contributed by atoms with Crippen LogP contribution in [0.4, 0.5) is 0 Å². The van der Waals surface area contributed by atoms with E-state index < -0.39 is 0 Å². The molecule has 0 bridgehead atoms. The van der Waals surface area contributed by atoms with Gasteiger partial charge in [-0.2, -0.15) is 0 Å². The maximum atomic E-state index is 7.12. The predicted octanol–water partition coefficient (Wildman–Crippen LogP) is 12.8. The number of nitrogens with two attached hydrogens (primary N) is 1. The molecule has 0 aromatic rings. The molecule has 0 fully saturated rings. The van der Waals surface area contributed by atoms with Gasteiger partial charge in [-0.15, -0.1) is 0 Å². The molecule has 0 aliphatic heterocycles. The van der Waals surface area contributed by atoms with Crippen LogP contribution in [0.1, 0.15) is 233 Å². The normalized spacial score (nSPS) is 11.7. The van der Waals surface area contributed by atoms with Crippen LogP contribution >= 0.6 is 0 Å². The van der Waals surface area contributed by atoms with Gasteiger partial charge in [0, 0.05) is 5.54 Å². The number of unbranched alkanes of at least 4 members (excludes halogenated alkanes) is 27. The van der Waals surface area contributed by atoms with E-state index in [9.17, 15) is 0 Å². The molecule has 0 rings (SSSR count). The Morgan fingerprint density at radius 1 is 0.282 bits per heavy atom. The van der Waals surface area contributed by atoms with Gasteiger partial charge in [-0.05, 0) is 19.3 Å². The highest BCUT2D eigenvalue weighted by atomic mass is 16.0. The SMILES string of the molecule is CCCCCCCCCCCCC(N)(CCCCCCCCCCCC)CCCCCCCCCCCC.O. The molecule has 4 N–H and O–H groups in total. The third kappa shape index (κ3) is 32.3. The number of hydrogen-bond donors (Lipinski definition) is 1. The summed E-state index contributed by atoms with van der Waals surface area (Å²) in [4.78, 5) is 0. The Kier molecular flexibility index (Phi) is 35.9. The Bertz CT molecular complexity index is 364. The van der Waals surface area contributed by atoms with Crippen molar-refractivity contribution in [1.29, 1.82) is 0 Å². The van der Waals surface area contributed by atoms with Gasteiger partial charge in [-0.25, -0.2) is 0 Å². The average molecular weight is 554 g/mol. The van der Waals surface area contributed by atoms with Crippen LogP contribution in [-0.4, -0.2) is 11.0 Å².